The zero-order valence-corrected chi connectivity index (χ0v) is 22.2. The van der Waals surface area contributed by atoms with Gasteiger partial charge < -0.3 is 20.1 Å². The summed E-state index contributed by atoms with van der Waals surface area (Å²) < 4.78 is 53.1. The molecule has 1 heterocycles. The van der Waals surface area contributed by atoms with Gasteiger partial charge in [-0.15, -0.1) is 0 Å². The lowest BCUT2D eigenvalue weighted by molar-refractivity contribution is -0.139. The molecule has 1 aliphatic heterocycles. The van der Waals surface area contributed by atoms with Crippen LogP contribution in [-0.4, -0.2) is 42.4 Å². The molecule has 1 fully saturated rings. The molecular formula is C29H37F3N4O2. The molecule has 1 aliphatic rings. The van der Waals surface area contributed by atoms with Crippen molar-refractivity contribution in [2.45, 2.75) is 58.9 Å². The summed E-state index contributed by atoms with van der Waals surface area (Å²) in [6.45, 7) is 7.01. The van der Waals surface area contributed by atoms with E-state index in [4.69, 9.17) is 25.6 Å². The normalized spacial score (nSPS) is 17.5. The van der Waals surface area contributed by atoms with Gasteiger partial charge in [0.25, 0.3) is 0 Å². The third-order valence-electron chi connectivity index (χ3n) is 6.72. The molecule has 206 valence electrons. The lowest BCUT2D eigenvalue weighted by Crippen LogP contribution is -2.45. The van der Waals surface area contributed by atoms with Crippen molar-refractivity contribution in [3.63, 3.8) is 0 Å². The van der Waals surface area contributed by atoms with Crippen LogP contribution in [0.2, 0.25) is 0 Å². The molecule has 0 aromatic heterocycles. The average molecular weight is 531 g/mol. The quantitative estimate of drug-likeness (QED) is 0.197. The highest BCUT2D eigenvalue weighted by molar-refractivity contribution is 5.98. The van der Waals surface area contributed by atoms with Crippen molar-refractivity contribution in [2.75, 3.05) is 19.8 Å². The van der Waals surface area contributed by atoms with Gasteiger partial charge in [-0.05, 0) is 55.9 Å². The number of nitrogens with zero attached hydrogens (tertiary/aromatic N) is 2. The molecular weight excluding hydrogens is 493 g/mol. The summed E-state index contributed by atoms with van der Waals surface area (Å²) in [5.41, 5.74) is 7.55. The SMILES string of the molecule is C/C=C(\N=C(C(C)CC)C1CCCN1C(=N)N)c1ccc(OCCOCc2ccccc2)c(C(F)(F)F)c1. The summed E-state index contributed by atoms with van der Waals surface area (Å²) in [6.07, 6.45) is -0.403. The monoisotopic (exact) mass is 530 g/mol. The number of guanidine groups is 1. The fourth-order valence-electron chi connectivity index (χ4n) is 4.53. The number of allylic oxidation sites excluding steroid dienone is 1. The summed E-state index contributed by atoms with van der Waals surface area (Å²) in [7, 11) is 0. The molecule has 0 amide bonds. The van der Waals surface area contributed by atoms with Crippen LogP contribution in [0.15, 0.2) is 59.6 Å². The molecule has 0 bridgehead atoms. The van der Waals surface area contributed by atoms with Crippen LogP contribution in [0.5, 0.6) is 5.75 Å². The van der Waals surface area contributed by atoms with Crippen LogP contribution in [0.1, 0.15) is 56.7 Å². The number of nitrogens with two attached hydrogens (primary N) is 1. The topological polar surface area (TPSA) is 83.9 Å². The second-order valence-electron chi connectivity index (χ2n) is 9.35. The van der Waals surface area contributed by atoms with E-state index in [9.17, 15) is 13.2 Å². The number of nitrogens with one attached hydrogen (secondary N) is 1. The van der Waals surface area contributed by atoms with Gasteiger partial charge in [0.1, 0.15) is 12.4 Å². The summed E-state index contributed by atoms with van der Waals surface area (Å²) in [5, 5.41) is 7.94. The van der Waals surface area contributed by atoms with Gasteiger partial charge in [0, 0.05) is 17.8 Å². The predicted octanol–water partition coefficient (Wildman–Crippen LogP) is 6.51. The van der Waals surface area contributed by atoms with Crippen LogP contribution in [0.25, 0.3) is 5.70 Å². The Balaban J connectivity index is 1.81. The standard InChI is InChI=1S/C29H37F3N4O2/c1-4-20(3)27(25-12-9-15-36(25)28(33)34)35-24(5-2)22-13-14-26(23(18-22)29(30,31)32)38-17-16-37-19-21-10-7-6-8-11-21/h5-8,10-11,13-14,18,20,25H,4,9,12,15-17,19H2,1-3H3,(H3,33,34)/b24-5-,35-27?. The van der Waals surface area contributed by atoms with Crippen LogP contribution in [0, 0.1) is 11.3 Å². The summed E-state index contributed by atoms with van der Waals surface area (Å²) in [5.74, 6) is -0.181. The Bertz CT molecular complexity index is 1130. The third-order valence-corrected chi connectivity index (χ3v) is 6.72. The molecule has 2 aromatic rings. The van der Waals surface area contributed by atoms with Crippen molar-refractivity contribution in [3.8, 4) is 5.75 Å². The lowest BCUT2D eigenvalue weighted by Gasteiger charge is -2.29. The van der Waals surface area contributed by atoms with E-state index >= 15 is 0 Å². The molecule has 3 N–H and O–H groups in total. The second kappa shape index (κ2) is 13.5. The van der Waals surface area contributed by atoms with Crippen LogP contribution in [0.4, 0.5) is 13.2 Å². The number of likely N-dealkylation sites (tertiary alicyclic amines) is 1. The molecule has 9 heteroatoms. The van der Waals surface area contributed by atoms with Gasteiger partial charge in [-0.3, -0.25) is 10.4 Å². The van der Waals surface area contributed by atoms with E-state index in [1.165, 1.54) is 6.07 Å². The molecule has 0 radical (unpaired) electrons. The molecule has 6 nitrogen and oxygen atoms in total. The molecule has 1 saturated heterocycles. The smallest absolute Gasteiger partial charge is 0.419 e. The number of benzene rings is 2. The first-order valence-corrected chi connectivity index (χ1v) is 13.0. The van der Waals surface area contributed by atoms with Gasteiger partial charge in [0.2, 0.25) is 0 Å². The third kappa shape index (κ3) is 7.60. The van der Waals surface area contributed by atoms with E-state index in [1.807, 2.05) is 49.1 Å². The van der Waals surface area contributed by atoms with Gasteiger partial charge in [0.05, 0.1) is 30.5 Å². The Morgan fingerprint density at radius 1 is 1.21 bits per heavy atom. The average Bonchev–Trinajstić information content (AvgIpc) is 3.39. The Morgan fingerprint density at radius 2 is 1.95 bits per heavy atom. The van der Waals surface area contributed by atoms with Crippen molar-refractivity contribution in [2.24, 2.45) is 16.6 Å². The fraction of sp³-hybridized carbons (Fsp3) is 0.448. The first-order chi connectivity index (χ1) is 18.2. The van der Waals surface area contributed by atoms with Crippen LogP contribution in [0.3, 0.4) is 0 Å². The number of halogens is 3. The maximum Gasteiger partial charge on any atom is 0.419 e. The molecule has 0 saturated carbocycles. The van der Waals surface area contributed by atoms with E-state index < -0.39 is 11.7 Å². The summed E-state index contributed by atoms with van der Waals surface area (Å²) >= 11 is 0. The highest BCUT2D eigenvalue weighted by Crippen LogP contribution is 2.38. The minimum atomic E-state index is -4.60. The minimum Gasteiger partial charge on any atom is -0.491 e. The van der Waals surface area contributed by atoms with Gasteiger partial charge in [-0.25, -0.2) is 0 Å². The number of rotatable bonds is 11. The zero-order valence-electron chi connectivity index (χ0n) is 22.2. The van der Waals surface area contributed by atoms with E-state index in [0.717, 1.165) is 36.6 Å². The number of alkyl halides is 3. The lowest BCUT2D eigenvalue weighted by atomic mass is 9.94. The molecule has 2 unspecified atom stereocenters. The number of hydrogen-bond donors (Lipinski definition) is 2. The number of hydrogen-bond acceptors (Lipinski definition) is 4. The van der Waals surface area contributed by atoms with Gasteiger partial charge >= 0.3 is 6.18 Å². The van der Waals surface area contributed by atoms with Crippen LogP contribution < -0.4 is 10.5 Å². The second-order valence-corrected chi connectivity index (χ2v) is 9.35. The van der Waals surface area contributed by atoms with Gasteiger partial charge in [-0.1, -0.05) is 50.3 Å². The first kappa shape index (κ1) is 29.2. The van der Waals surface area contributed by atoms with E-state index in [2.05, 4.69) is 0 Å². The van der Waals surface area contributed by atoms with E-state index in [-0.39, 0.29) is 36.9 Å². The van der Waals surface area contributed by atoms with Crippen LogP contribution in [-0.2, 0) is 17.5 Å². The zero-order chi connectivity index (χ0) is 27.7. The predicted molar refractivity (Wildman–Crippen MR) is 145 cm³/mol. The molecule has 2 atom stereocenters. The van der Waals surface area contributed by atoms with E-state index in [0.29, 0.717) is 24.4 Å². The molecule has 38 heavy (non-hydrogen) atoms. The largest absolute Gasteiger partial charge is 0.491 e. The molecule has 3 rings (SSSR count). The van der Waals surface area contributed by atoms with Crippen molar-refractivity contribution in [1.29, 1.82) is 5.41 Å². The Kier molecular flexibility index (Phi) is 10.4. The van der Waals surface area contributed by atoms with Crippen molar-refractivity contribution in [3.05, 3.63) is 71.3 Å². The number of ether oxygens (including phenoxy) is 2. The fourth-order valence-corrected chi connectivity index (χ4v) is 4.53. The molecule has 2 aromatic carbocycles. The Morgan fingerprint density at radius 3 is 2.58 bits per heavy atom. The maximum atomic E-state index is 14.0. The van der Waals surface area contributed by atoms with Gasteiger partial charge in [0.15, 0.2) is 5.96 Å². The Hall–Kier alpha value is -3.33. The van der Waals surface area contributed by atoms with Crippen LogP contribution >= 0.6 is 0 Å². The molecule has 0 aliphatic carbocycles. The first-order valence-electron chi connectivity index (χ1n) is 13.0. The maximum absolute atomic E-state index is 14.0. The van der Waals surface area contributed by atoms with Gasteiger partial charge in [-0.2, -0.15) is 13.2 Å². The Labute approximate surface area is 222 Å². The van der Waals surface area contributed by atoms with E-state index in [1.54, 1.807) is 19.1 Å². The summed E-state index contributed by atoms with van der Waals surface area (Å²) in [6, 6.07) is 13.4. The van der Waals surface area contributed by atoms with Crippen molar-refractivity contribution < 1.29 is 22.6 Å². The minimum absolute atomic E-state index is 0.00931. The highest BCUT2D eigenvalue weighted by atomic mass is 19.4. The summed E-state index contributed by atoms with van der Waals surface area (Å²) in [4.78, 5) is 6.69. The number of aliphatic imine (C=N–C) groups is 1. The molecule has 0 spiro atoms. The van der Waals surface area contributed by atoms with Crippen molar-refractivity contribution >= 4 is 17.4 Å². The highest BCUT2D eigenvalue weighted by Gasteiger charge is 2.35. The van der Waals surface area contributed by atoms with Crippen molar-refractivity contribution in [1.82, 2.24) is 4.90 Å².